The summed E-state index contributed by atoms with van der Waals surface area (Å²) in [5.74, 6) is -6.66. The standard InChI is InChI=1S/C9H6F6N2O2.ClH/c10-5-2-1-4(3-6(5)17(18)19)7(16)8(11,12)9(13,14)15;/h1-3,7H,16H2;1H/t7-;/m1./s1. The predicted octanol–water partition coefficient (Wildman–Crippen LogP) is 3.35. The van der Waals surface area contributed by atoms with E-state index >= 15 is 0 Å². The van der Waals surface area contributed by atoms with Crippen LogP contribution in [0.25, 0.3) is 0 Å². The Labute approximate surface area is 114 Å². The van der Waals surface area contributed by atoms with Gasteiger partial charge in [0.25, 0.3) is 0 Å². The van der Waals surface area contributed by atoms with Gasteiger partial charge >= 0.3 is 17.8 Å². The fourth-order valence-electron chi connectivity index (χ4n) is 1.25. The first-order valence-electron chi connectivity index (χ1n) is 4.62. The van der Waals surface area contributed by atoms with Crippen molar-refractivity contribution in [2.45, 2.75) is 18.1 Å². The molecule has 0 saturated carbocycles. The van der Waals surface area contributed by atoms with E-state index in [4.69, 9.17) is 5.73 Å². The van der Waals surface area contributed by atoms with Crippen LogP contribution in [0.3, 0.4) is 0 Å². The minimum Gasteiger partial charge on any atom is -0.319 e. The van der Waals surface area contributed by atoms with Gasteiger partial charge in [-0.3, -0.25) is 10.1 Å². The number of nitrogens with zero attached hydrogens (tertiary/aromatic N) is 1. The molecule has 11 heteroatoms. The molecule has 0 unspecified atom stereocenters. The third-order valence-corrected chi connectivity index (χ3v) is 2.29. The van der Waals surface area contributed by atoms with Crippen LogP contribution in [0.15, 0.2) is 18.2 Å². The summed E-state index contributed by atoms with van der Waals surface area (Å²) in [6.07, 6.45) is -5.92. The Morgan fingerprint density at radius 3 is 2.10 bits per heavy atom. The molecule has 0 saturated heterocycles. The molecular formula is C9H7ClF6N2O2. The number of hydrogen-bond acceptors (Lipinski definition) is 3. The second-order valence-electron chi connectivity index (χ2n) is 3.57. The van der Waals surface area contributed by atoms with E-state index in [1.165, 1.54) is 0 Å². The Balaban J connectivity index is 0.00000361. The molecule has 0 aliphatic carbocycles. The summed E-state index contributed by atoms with van der Waals surface area (Å²) >= 11 is 0. The lowest BCUT2D eigenvalue weighted by Crippen LogP contribution is -2.45. The molecule has 1 aromatic carbocycles. The molecule has 1 aromatic rings. The smallest absolute Gasteiger partial charge is 0.319 e. The topological polar surface area (TPSA) is 69.2 Å². The van der Waals surface area contributed by atoms with Crippen molar-refractivity contribution in [2.24, 2.45) is 5.73 Å². The minimum absolute atomic E-state index is 0. The van der Waals surface area contributed by atoms with E-state index in [1.807, 2.05) is 0 Å². The normalized spacial score (nSPS) is 13.6. The monoisotopic (exact) mass is 324 g/mol. The summed E-state index contributed by atoms with van der Waals surface area (Å²) in [7, 11) is 0. The molecule has 1 atom stereocenters. The lowest BCUT2D eigenvalue weighted by atomic mass is 10.0. The maximum Gasteiger partial charge on any atom is 0.455 e. The van der Waals surface area contributed by atoms with Gasteiger partial charge in [-0.1, -0.05) is 6.07 Å². The molecular weight excluding hydrogens is 318 g/mol. The molecule has 0 fully saturated rings. The first-order valence-corrected chi connectivity index (χ1v) is 4.62. The van der Waals surface area contributed by atoms with Crippen LogP contribution in [0.4, 0.5) is 32.0 Å². The average Bonchev–Trinajstić information content (AvgIpc) is 2.26. The third kappa shape index (κ3) is 3.31. The highest BCUT2D eigenvalue weighted by Gasteiger charge is 2.61. The Hall–Kier alpha value is -1.55. The average molecular weight is 325 g/mol. The van der Waals surface area contributed by atoms with E-state index in [2.05, 4.69) is 0 Å². The van der Waals surface area contributed by atoms with Crippen LogP contribution in [-0.4, -0.2) is 17.0 Å². The molecule has 0 aromatic heterocycles. The van der Waals surface area contributed by atoms with Gasteiger partial charge in [-0.15, -0.1) is 12.4 Å². The summed E-state index contributed by atoms with van der Waals surface area (Å²) in [5.41, 5.74) is 2.64. The Bertz CT molecular complexity index is 508. The van der Waals surface area contributed by atoms with Crippen molar-refractivity contribution in [3.8, 4) is 0 Å². The summed E-state index contributed by atoms with van der Waals surface area (Å²) in [6.45, 7) is 0. The van der Waals surface area contributed by atoms with Crippen LogP contribution in [-0.2, 0) is 0 Å². The van der Waals surface area contributed by atoms with Crippen molar-refractivity contribution >= 4 is 18.1 Å². The SMILES string of the molecule is Cl.N[C@H](c1ccc(F)c([N+](=O)[O-])c1)C(F)(F)C(F)(F)F. The molecule has 4 nitrogen and oxygen atoms in total. The highest BCUT2D eigenvalue weighted by atomic mass is 35.5. The second-order valence-corrected chi connectivity index (χ2v) is 3.57. The molecule has 0 amide bonds. The van der Waals surface area contributed by atoms with Gasteiger partial charge < -0.3 is 5.73 Å². The van der Waals surface area contributed by atoms with Gasteiger partial charge in [-0.05, 0) is 11.6 Å². The molecule has 2 N–H and O–H groups in total. The zero-order valence-electron chi connectivity index (χ0n) is 9.33. The molecule has 0 heterocycles. The summed E-state index contributed by atoms with van der Waals surface area (Å²) in [6, 6.07) is -1.68. The van der Waals surface area contributed by atoms with Gasteiger partial charge in [0.15, 0.2) is 0 Å². The van der Waals surface area contributed by atoms with Crippen LogP contribution < -0.4 is 5.73 Å². The first kappa shape index (κ1) is 18.4. The number of rotatable bonds is 3. The van der Waals surface area contributed by atoms with Gasteiger partial charge in [0.05, 0.1) is 4.92 Å². The maximum absolute atomic E-state index is 12.9. The van der Waals surface area contributed by atoms with E-state index in [0.29, 0.717) is 12.1 Å². The molecule has 0 spiro atoms. The van der Waals surface area contributed by atoms with Crippen LogP contribution in [0, 0.1) is 15.9 Å². The van der Waals surface area contributed by atoms with Gasteiger partial charge in [-0.2, -0.15) is 26.3 Å². The lowest BCUT2D eigenvalue weighted by Gasteiger charge is -2.25. The first-order chi connectivity index (χ1) is 8.48. The van der Waals surface area contributed by atoms with Crippen molar-refractivity contribution in [2.75, 3.05) is 0 Å². The zero-order valence-corrected chi connectivity index (χ0v) is 10.1. The third-order valence-electron chi connectivity index (χ3n) is 2.29. The van der Waals surface area contributed by atoms with Crippen LogP contribution in [0.5, 0.6) is 0 Å². The van der Waals surface area contributed by atoms with Crippen molar-refractivity contribution in [3.05, 3.63) is 39.7 Å². The lowest BCUT2D eigenvalue weighted by molar-refractivity contribution is -0.387. The van der Waals surface area contributed by atoms with Gasteiger partial charge in [-0.25, -0.2) is 0 Å². The molecule has 0 aliphatic heterocycles. The molecule has 1 rings (SSSR count). The minimum atomic E-state index is -5.92. The zero-order chi connectivity index (χ0) is 15.0. The number of alkyl halides is 5. The number of nitro benzene ring substituents is 1. The fraction of sp³-hybridized carbons (Fsp3) is 0.333. The Morgan fingerprint density at radius 2 is 1.70 bits per heavy atom. The van der Waals surface area contributed by atoms with Crippen molar-refractivity contribution in [1.82, 2.24) is 0 Å². The van der Waals surface area contributed by atoms with Crippen molar-refractivity contribution < 1.29 is 31.3 Å². The van der Waals surface area contributed by atoms with Crippen molar-refractivity contribution in [1.29, 1.82) is 0 Å². The number of halogens is 7. The number of hydrogen-bond donors (Lipinski definition) is 1. The second kappa shape index (κ2) is 5.83. The van der Waals surface area contributed by atoms with E-state index < -0.39 is 40.1 Å². The van der Waals surface area contributed by atoms with Crippen molar-refractivity contribution in [3.63, 3.8) is 0 Å². The Kier molecular flexibility index (Phi) is 5.38. The Morgan fingerprint density at radius 1 is 1.20 bits per heavy atom. The fourth-order valence-corrected chi connectivity index (χ4v) is 1.25. The summed E-state index contributed by atoms with van der Waals surface area (Å²) < 4.78 is 75.0. The molecule has 114 valence electrons. The molecule has 0 aliphatic rings. The predicted molar refractivity (Wildman–Crippen MR) is 58.2 cm³/mol. The van der Waals surface area contributed by atoms with Crippen LogP contribution in [0.1, 0.15) is 11.6 Å². The molecule has 0 bridgehead atoms. The van der Waals surface area contributed by atoms with Gasteiger partial charge in [0, 0.05) is 6.07 Å². The molecule has 20 heavy (non-hydrogen) atoms. The van der Waals surface area contributed by atoms with Crippen LogP contribution in [0.2, 0.25) is 0 Å². The van der Waals surface area contributed by atoms with E-state index in [1.54, 1.807) is 0 Å². The summed E-state index contributed by atoms with van der Waals surface area (Å²) in [5, 5.41) is 10.4. The largest absolute Gasteiger partial charge is 0.455 e. The quantitative estimate of drug-likeness (QED) is 0.526. The summed E-state index contributed by atoms with van der Waals surface area (Å²) in [4.78, 5) is 9.11. The highest BCUT2D eigenvalue weighted by molar-refractivity contribution is 5.85. The highest BCUT2D eigenvalue weighted by Crippen LogP contribution is 2.43. The van der Waals surface area contributed by atoms with E-state index in [-0.39, 0.29) is 18.5 Å². The van der Waals surface area contributed by atoms with E-state index in [9.17, 15) is 36.5 Å². The van der Waals surface area contributed by atoms with Gasteiger partial charge in [0.1, 0.15) is 6.04 Å². The van der Waals surface area contributed by atoms with Gasteiger partial charge in [0.2, 0.25) is 5.82 Å². The number of nitro groups is 1. The maximum atomic E-state index is 12.9. The van der Waals surface area contributed by atoms with E-state index in [0.717, 1.165) is 0 Å². The number of nitrogens with two attached hydrogens (primary N) is 1. The number of benzene rings is 1. The molecule has 0 radical (unpaired) electrons. The van der Waals surface area contributed by atoms with Crippen LogP contribution >= 0.6 is 12.4 Å².